The van der Waals surface area contributed by atoms with Crippen molar-refractivity contribution in [3.63, 3.8) is 0 Å². The smallest absolute Gasteiger partial charge is 0.290 e. The zero-order valence-corrected chi connectivity index (χ0v) is 16.1. The quantitative estimate of drug-likeness (QED) is 0.451. The largest absolute Gasteiger partial charge is 0.503 e. The Kier molecular flexibility index (Phi) is 4.25. The minimum absolute atomic E-state index is 0.0157. The summed E-state index contributed by atoms with van der Waals surface area (Å²) >= 11 is 6.01. The maximum absolute atomic E-state index is 13.3. The lowest BCUT2D eigenvalue weighted by Crippen LogP contribution is -2.30. The summed E-state index contributed by atoms with van der Waals surface area (Å²) in [7, 11) is 0. The average Bonchev–Trinajstić information content (AvgIpc) is 3.52. The maximum atomic E-state index is 13.3. The highest BCUT2D eigenvalue weighted by Gasteiger charge is 2.46. The molecule has 4 aromatic rings. The van der Waals surface area contributed by atoms with Crippen LogP contribution in [0.3, 0.4) is 0 Å². The lowest BCUT2D eigenvalue weighted by molar-refractivity contribution is -0.130. The van der Waals surface area contributed by atoms with Gasteiger partial charge in [-0.1, -0.05) is 11.6 Å². The first kappa shape index (κ1) is 18.3. The Bertz CT molecular complexity index is 1280. The van der Waals surface area contributed by atoms with E-state index >= 15 is 0 Å². The molecule has 0 bridgehead atoms. The zero-order valence-electron chi connectivity index (χ0n) is 15.4. The SMILES string of the molecule is O=C(C1=C(O)C(=O)N(Cc2ccco2)C1c1ccco1)c1cc2cc(Cl)ccc2o1. The number of rotatable bonds is 5. The Morgan fingerprint density at radius 3 is 2.63 bits per heavy atom. The molecule has 30 heavy (non-hydrogen) atoms. The van der Waals surface area contributed by atoms with Gasteiger partial charge in [-0.2, -0.15) is 0 Å². The first-order valence-electron chi connectivity index (χ1n) is 9.06. The second-order valence-electron chi connectivity index (χ2n) is 6.81. The molecule has 5 rings (SSSR count). The normalized spacial score (nSPS) is 16.8. The van der Waals surface area contributed by atoms with Crippen molar-refractivity contribution in [3.8, 4) is 0 Å². The van der Waals surface area contributed by atoms with Gasteiger partial charge in [0.1, 0.15) is 23.1 Å². The number of halogens is 1. The van der Waals surface area contributed by atoms with Crippen molar-refractivity contribution >= 4 is 34.3 Å². The number of amides is 1. The third-order valence-corrected chi connectivity index (χ3v) is 5.20. The van der Waals surface area contributed by atoms with E-state index in [1.54, 1.807) is 42.5 Å². The summed E-state index contributed by atoms with van der Waals surface area (Å²) < 4.78 is 16.5. The van der Waals surface area contributed by atoms with Crippen LogP contribution in [0.2, 0.25) is 5.02 Å². The zero-order chi connectivity index (χ0) is 20.8. The Hall–Kier alpha value is -3.71. The second-order valence-corrected chi connectivity index (χ2v) is 7.25. The summed E-state index contributed by atoms with van der Waals surface area (Å²) in [5, 5.41) is 11.7. The van der Waals surface area contributed by atoms with Gasteiger partial charge >= 0.3 is 0 Å². The number of benzene rings is 1. The fourth-order valence-corrected chi connectivity index (χ4v) is 3.80. The minimum atomic E-state index is -0.929. The molecule has 8 heteroatoms. The first-order valence-corrected chi connectivity index (χ1v) is 9.44. The van der Waals surface area contributed by atoms with Crippen LogP contribution in [0.1, 0.15) is 28.1 Å². The number of ketones is 1. The van der Waals surface area contributed by atoms with Gasteiger partial charge in [0, 0.05) is 10.4 Å². The van der Waals surface area contributed by atoms with Crippen molar-refractivity contribution in [1.29, 1.82) is 0 Å². The molecular formula is C22H14ClNO6. The molecule has 0 saturated carbocycles. The number of fused-ring (bicyclic) bond motifs is 1. The van der Waals surface area contributed by atoms with Crippen molar-refractivity contribution in [2.24, 2.45) is 0 Å². The number of hydrogen-bond acceptors (Lipinski definition) is 6. The number of carbonyl (C=O) groups is 2. The van der Waals surface area contributed by atoms with Gasteiger partial charge in [0.2, 0.25) is 5.78 Å². The average molecular weight is 424 g/mol. The number of aliphatic hydroxyl groups excluding tert-OH is 1. The summed E-state index contributed by atoms with van der Waals surface area (Å²) in [5.74, 6) is -1.14. The highest BCUT2D eigenvalue weighted by Crippen LogP contribution is 2.40. The predicted molar refractivity (Wildman–Crippen MR) is 106 cm³/mol. The van der Waals surface area contributed by atoms with Gasteiger partial charge in [-0.3, -0.25) is 9.59 Å². The summed E-state index contributed by atoms with van der Waals surface area (Å²) in [6.45, 7) is 0.0494. The lowest BCUT2D eigenvalue weighted by atomic mass is 9.99. The second kappa shape index (κ2) is 6.96. The Morgan fingerprint density at radius 2 is 1.90 bits per heavy atom. The van der Waals surface area contributed by atoms with Crippen molar-refractivity contribution < 1.29 is 27.9 Å². The Labute approximate surface area is 174 Å². The van der Waals surface area contributed by atoms with Crippen LogP contribution in [0.15, 0.2) is 85.6 Å². The number of carbonyl (C=O) groups excluding carboxylic acids is 2. The highest BCUT2D eigenvalue weighted by molar-refractivity contribution is 6.31. The number of Topliss-reactive ketones (excluding diaryl/α,β-unsaturated/α-hetero) is 1. The molecule has 1 atom stereocenters. The Balaban J connectivity index is 1.58. The molecule has 1 aliphatic rings. The fourth-order valence-electron chi connectivity index (χ4n) is 3.62. The van der Waals surface area contributed by atoms with Gasteiger partial charge in [-0.15, -0.1) is 0 Å². The van der Waals surface area contributed by atoms with E-state index in [0.717, 1.165) is 0 Å². The number of furan rings is 3. The topological polar surface area (TPSA) is 97.0 Å². The molecule has 1 amide bonds. The van der Waals surface area contributed by atoms with Crippen LogP contribution in [-0.4, -0.2) is 21.7 Å². The van der Waals surface area contributed by atoms with Crippen molar-refractivity contribution in [2.75, 3.05) is 0 Å². The Morgan fingerprint density at radius 1 is 1.10 bits per heavy atom. The van der Waals surface area contributed by atoms with Crippen LogP contribution >= 0.6 is 11.6 Å². The van der Waals surface area contributed by atoms with Gasteiger partial charge < -0.3 is 23.3 Å². The molecule has 1 unspecified atom stereocenters. The van der Waals surface area contributed by atoms with E-state index in [4.69, 9.17) is 24.9 Å². The molecule has 0 aliphatic carbocycles. The summed E-state index contributed by atoms with van der Waals surface area (Å²) in [6, 6.07) is 12.2. The molecule has 0 spiro atoms. The molecule has 7 nitrogen and oxygen atoms in total. The van der Waals surface area contributed by atoms with Gasteiger partial charge in [0.25, 0.3) is 5.91 Å². The molecule has 0 fully saturated rings. The summed E-state index contributed by atoms with van der Waals surface area (Å²) in [5.41, 5.74) is 0.348. The standard InChI is InChI=1S/C22H14ClNO6/c23-13-5-6-15-12(9-13)10-17(30-15)20(25)18-19(16-4-2-8-29-16)24(22(27)21(18)26)11-14-3-1-7-28-14/h1-10,19,26H,11H2. The molecule has 1 aliphatic heterocycles. The summed E-state index contributed by atoms with van der Waals surface area (Å²) in [4.78, 5) is 27.5. The molecule has 3 aromatic heterocycles. The predicted octanol–water partition coefficient (Wildman–Crippen LogP) is 5.05. The van der Waals surface area contributed by atoms with Gasteiger partial charge in [0.05, 0.1) is 24.6 Å². The molecule has 0 radical (unpaired) electrons. The lowest BCUT2D eigenvalue weighted by Gasteiger charge is -2.23. The third kappa shape index (κ3) is 2.91. The van der Waals surface area contributed by atoms with E-state index in [9.17, 15) is 14.7 Å². The molecule has 0 saturated heterocycles. The van der Waals surface area contributed by atoms with Crippen LogP contribution in [-0.2, 0) is 11.3 Å². The van der Waals surface area contributed by atoms with Crippen LogP contribution in [0.25, 0.3) is 11.0 Å². The van der Waals surface area contributed by atoms with Crippen LogP contribution < -0.4 is 0 Å². The van der Waals surface area contributed by atoms with Gasteiger partial charge in [-0.25, -0.2) is 0 Å². The number of aliphatic hydroxyl groups is 1. The molecule has 1 N–H and O–H groups in total. The van der Waals surface area contributed by atoms with E-state index in [-0.39, 0.29) is 17.9 Å². The van der Waals surface area contributed by atoms with Crippen LogP contribution in [0, 0.1) is 0 Å². The van der Waals surface area contributed by atoms with Crippen LogP contribution in [0.4, 0.5) is 0 Å². The van der Waals surface area contributed by atoms with Crippen LogP contribution in [0.5, 0.6) is 0 Å². The van der Waals surface area contributed by atoms with E-state index < -0.39 is 23.5 Å². The van der Waals surface area contributed by atoms with E-state index in [0.29, 0.717) is 27.5 Å². The molecule has 4 heterocycles. The van der Waals surface area contributed by atoms with E-state index in [1.807, 2.05) is 0 Å². The van der Waals surface area contributed by atoms with E-state index in [2.05, 4.69) is 0 Å². The number of hydrogen-bond donors (Lipinski definition) is 1. The van der Waals surface area contributed by atoms with Crippen molar-refractivity contribution in [2.45, 2.75) is 12.6 Å². The molecule has 1 aromatic carbocycles. The third-order valence-electron chi connectivity index (χ3n) is 4.97. The minimum Gasteiger partial charge on any atom is -0.503 e. The fraction of sp³-hybridized carbons (Fsp3) is 0.0909. The van der Waals surface area contributed by atoms with Gasteiger partial charge in [0.15, 0.2) is 11.5 Å². The highest BCUT2D eigenvalue weighted by atomic mass is 35.5. The number of nitrogens with zero attached hydrogens (tertiary/aromatic N) is 1. The monoisotopic (exact) mass is 423 g/mol. The first-order chi connectivity index (χ1) is 14.5. The summed E-state index contributed by atoms with van der Waals surface area (Å²) in [6.07, 6.45) is 2.92. The van der Waals surface area contributed by atoms with Crippen molar-refractivity contribution in [3.05, 3.63) is 94.7 Å². The maximum Gasteiger partial charge on any atom is 0.290 e. The van der Waals surface area contributed by atoms with Crippen molar-refractivity contribution in [1.82, 2.24) is 4.90 Å². The van der Waals surface area contributed by atoms with E-state index in [1.165, 1.54) is 23.5 Å². The molecule has 150 valence electrons. The van der Waals surface area contributed by atoms with Gasteiger partial charge in [-0.05, 0) is 48.5 Å². The molecular weight excluding hydrogens is 410 g/mol.